The first-order chi connectivity index (χ1) is 15.6. The van der Waals surface area contributed by atoms with Gasteiger partial charge in [-0.05, 0) is 32.3 Å². The van der Waals surface area contributed by atoms with Crippen molar-refractivity contribution >= 4 is 43.6 Å². The number of H-pyrrole nitrogens is 1. The van der Waals surface area contributed by atoms with Gasteiger partial charge in [-0.2, -0.15) is 8.78 Å². The van der Waals surface area contributed by atoms with Crippen LogP contribution in [-0.4, -0.2) is 49.5 Å². The number of nitrogens with one attached hydrogen (secondary N) is 3. The van der Waals surface area contributed by atoms with E-state index >= 15 is 0 Å². The molecule has 1 amide bonds. The first kappa shape index (κ1) is 23.7. The van der Waals surface area contributed by atoms with Crippen LogP contribution in [0.25, 0.3) is 22.4 Å². The van der Waals surface area contributed by atoms with Gasteiger partial charge in [0.25, 0.3) is 5.91 Å². The predicted molar refractivity (Wildman–Crippen MR) is 124 cm³/mol. The molecule has 3 aromatic rings. The van der Waals surface area contributed by atoms with Gasteiger partial charge in [0.1, 0.15) is 5.65 Å². The number of aromatic nitrogens is 4. The van der Waals surface area contributed by atoms with Crippen molar-refractivity contribution in [3.63, 3.8) is 0 Å². The van der Waals surface area contributed by atoms with Crippen molar-refractivity contribution in [3.05, 3.63) is 35.5 Å². The second kappa shape index (κ2) is 9.06. The Morgan fingerprint density at radius 2 is 2.18 bits per heavy atom. The van der Waals surface area contributed by atoms with Gasteiger partial charge in [-0.25, -0.2) is 19.3 Å². The number of nitrogens with zero attached hydrogens (tertiary/aromatic N) is 3. The minimum atomic E-state index is -3.58. The molecule has 3 heterocycles. The van der Waals surface area contributed by atoms with Gasteiger partial charge in [-0.1, -0.05) is 18.0 Å². The molecule has 1 aliphatic rings. The highest BCUT2D eigenvalue weighted by atomic mass is 35.5. The van der Waals surface area contributed by atoms with Crippen LogP contribution in [0.15, 0.2) is 24.7 Å². The van der Waals surface area contributed by atoms with Crippen molar-refractivity contribution in [2.45, 2.75) is 49.7 Å². The highest BCUT2D eigenvalue weighted by Crippen LogP contribution is 2.48. The van der Waals surface area contributed by atoms with Crippen molar-refractivity contribution in [1.82, 2.24) is 25.3 Å². The normalized spacial score (nSPS) is 21.2. The van der Waals surface area contributed by atoms with Gasteiger partial charge in [0.15, 0.2) is 17.5 Å². The summed E-state index contributed by atoms with van der Waals surface area (Å²) in [5.41, 5.74) is 1.15. The molecular weight excluding hydrogens is 476 g/mol. The van der Waals surface area contributed by atoms with Crippen molar-refractivity contribution in [2.24, 2.45) is 0 Å². The lowest BCUT2D eigenvalue weighted by atomic mass is 9.80. The molecule has 7 nitrogen and oxygen atoms in total. The number of amides is 1. The Hall–Kier alpha value is -2.45. The molecule has 0 aliphatic heterocycles. The fourth-order valence-electron chi connectivity index (χ4n) is 4.17. The minimum absolute atomic E-state index is 0.0484. The SMILES string of the molecule is CCNC(=O)C(F)(F)[C@]1(P)CCC[C@@H](Nc2nc(-c3c[nH]c4ncc(Cl)cc34)ncc2F)C1. The molecular formula is C21H23ClF3N6OP. The largest absolute Gasteiger partial charge is 0.365 e. The van der Waals surface area contributed by atoms with Gasteiger partial charge in [0, 0.05) is 35.9 Å². The van der Waals surface area contributed by atoms with Gasteiger partial charge in [0.05, 0.1) is 16.4 Å². The highest BCUT2D eigenvalue weighted by Gasteiger charge is 2.57. The summed E-state index contributed by atoms with van der Waals surface area (Å²) in [6, 6.07) is 1.19. The van der Waals surface area contributed by atoms with E-state index in [1.54, 1.807) is 19.2 Å². The number of anilines is 1. The number of halogens is 4. The van der Waals surface area contributed by atoms with E-state index in [-0.39, 0.29) is 31.0 Å². The lowest BCUT2D eigenvalue weighted by Crippen LogP contribution is -2.56. The number of aromatic amines is 1. The maximum atomic E-state index is 14.9. The summed E-state index contributed by atoms with van der Waals surface area (Å²) >= 11 is 6.04. The number of rotatable bonds is 6. The molecule has 33 heavy (non-hydrogen) atoms. The molecule has 0 aromatic carbocycles. The Morgan fingerprint density at radius 1 is 1.39 bits per heavy atom. The molecule has 1 fully saturated rings. The van der Waals surface area contributed by atoms with Gasteiger partial charge in [-0.15, -0.1) is 9.24 Å². The number of carbonyl (C=O) groups is 1. The Labute approximate surface area is 195 Å². The number of hydrogen-bond acceptors (Lipinski definition) is 5. The molecule has 1 aliphatic carbocycles. The molecule has 1 saturated carbocycles. The Bertz CT molecular complexity index is 1190. The van der Waals surface area contributed by atoms with Crippen LogP contribution >= 0.6 is 20.8 Å². The number of carbonyl (C=O) groups excluding carboxylic acids is 1. The molecule has 0 bridgehead atoms. The van der Waals surface area contributed by atoms with Crippen LogP contribution in [0.2, 0.25) is 5.02 Å². The van der Waals surface area contributed by atoms with E-state index in [9.17, 15) is 18.0 Å². The third-order valence-electron chi connectivity index (χ3n) is 5.86. The Balaban J connectivity index is 1.59. The fourth-order valence-corrected chi connectivity index (χ4v) is 4.95. The number of hydrogen-bond donors (Lipinski definition) is 3. The fraction of sp³-hybridized carbons (Fsp3) is 0.429. The number of pyridine rings is 1. The quantitative estimate of drug-likeness (QED) is 0.433. The smallest absolute Gasteiger partial charge is 0.333 e. The lowest BCUT2D eigenvalue weighted by molar-refractivity contribution is -0.152. The first-order valence-corrected chi connectivity index (χ1v) is 11.5. The van der Waals surface area contributed by atoms with E-state index in [1.165, 1.54) is 6.20 Å². The second-order valence-electron chi connectivity index (χ2n) is 8.17. The third-order valence-corrected chi connectivity index (χ3v) is 6.95. The maximum absolute atomic E-state index is 14.9. The molecule has 3 aromatic heterocycles. The molecule has 0 radical (unpaired) electrons. The topological polar surface area (TPSA) is 95.6 Å². The van der Waals surface area contributed by atoms with Crippen molar-refractivity contribution in [3.8, 4) is 11.4 Å². The molecule has 3 N–H and O–H groups in total. The zero-order valence-corrected chi connectivity index (χ0v) is 19.7. The molecule has 0 saturated heterocycles. The van der Waals surface area contributed by atoms with E-state index in [0.29, 0.717) is 34.5 Å². The zero-order chi connectivity index (χ0) is 23.8. The summed E-state index contributed by atoms with van der Waals surface area (Å²) in [5, 5.41) is 4.61. The van der Waals surface area contributed by atoms with E-state index in [4.69, 9.17) is 11.6 Å². The van der Waals surface area contributed by atoms with Gasteiger partial charge in [-0.3, -0.25) is 4.79 Å². The Morgan fingerprint density at radius 3 is 2.94 bits per heavy atom. The lowest BCUT2D eigenvalue weighted by Gasteiger charge is -2.42. The summed E-state index contributed by atoms with van der Waals surface area (Å²) in [5.74, 6) is -5.45. The van der Waals surface area contributed by atoms with Crippen LogP contribution < -0.4 is 10.6 Å². The molecule has 3 atom stereocenters. The monoisotopic (exact) mass is 498 g/mol. The third kappa shape index (κ3) is 4.51. The van der Waals surface area contributed by atoms with E-state index in [2.05, 4.69) is 39.8 Å². The van der Waals surface area contributed by atoms with Crippen LogP contribution in [0.4, 0.5) is 19.0 Å². The zero-order valence-electron chi connectivity index (χ0n) is 17.8. The van der Waals surface area contributed by atoms with Crippen LogP contribution in [-0.2, 0) is 4.79 Å². The van der Waals surface area contributed by atoms with Crippen LogP contribution in [0.5, 0.6) is 0 Å². The van der Waals surface area contributed by atoms with Crippen molar-refractivity contribution < 1.29 is 18.0 Å². The summed E-state index contributed by atoms with van der Waals surface area (Å²) in [7, 11) is 2.17. The molecule has 4 rings (SSSR count). The molecule has 0 spiro atoms. The van der Waals surface area contributed by atoms with E-state index in [1.807, 2.05) is 0 Å². The van der Waals surface area contributed by atoms with Crippen molar-refractivity contribution in [2.75, 3.05) is 11.9 Å². The van der Waals surface area contributed by atoms with Crippen molar-refractivity contribution in [1.29, 1.82) is 0 Å². The van der Waals surface area contributed by atoms with Gasteiger partial charge in [0.2, 0.25) is 0 Å². The first-order valence-electron chi connectivity index (χ1n) is 10.5. The van der Waals surface area contributed by atoms with E-state index in [0.717, 1.165) is 6.20 Å². The average Bonchev–Trinajstić information content (AvgIpc) is 3.18. The van der Waals surface area contributed by atoms with Crippen LogP contribution in [0.3, 0.4) is 0 Å². The summed E-state index contributed by atoms with van der Waals surface area (Å²) in [4.78, 5) is 27.6. The highest BCUT2D eigenvalue weighted by molar-refractivity contribution is 7.19. The second-order valence-corrected chi connectivity index (χ2v) is 9.71. The standard InChI is InChI=1S/C21H23ClF3N6OP/c1-2-26-19(32)21(24,25)20(33)5-3-4-12(7-20)30-18-15(23)10-29-17(31-18)14-9-28-16-13(14)6-11(22)8-27-16/h6,8-10,12H,2-5,7,33H2,1H3,(H,26,32)(H,27,28)(H,29,30,31)/t12-,20+/m1/s1. The molecule has 1 unspecified atom stereocenters. The predicted octanol–water partition coefficient (Wildman–Crippen LogP) is 4.55. The summed E-state index contributed by atoms with van der Waals surface area (Å²) < 4.78 is 44.4. The molecule has 12 heteroatoms. The average molecular weight is 499 g/mol. The number of alkyl halides is 2. The number of fused-ring (bicyclic) bond motifs is 1. The van der Waals surface area contributed by atoms with Crippen LogP contribution in [0, 0.1) is 5.82 Å². The van der Waals surface area contributed by atoms with Crippen LogP contribution in [0.1, 0.15) is 32.6 Å². The van der Waals surface area contributed by atoms with E-state index < -0.39 is 28.8 Å². The summed E-state index contributed by atoms with van der Waals surface area (Å²) in [6.45, 7) is 1.70. The maximum Gasteiger partial charge on any atom is 0.333 e. The molecule has 176 valence electrons. The minimum Gasteiger partial charge on any atom is -0.365 e. The van der Waals surface area contributed by atoms with Gasteiger partial charge >= 0.3 is 5.92 Å². The Kier molecular flexibility index (Phi) is 6.51. The van der Waals surface area contributed by atoms with Gasteiger partial charge < -0.3 is 15.6 Å². The summed E-state index contributed by atoms with van der Waals surface area (Å²) in [6.07, 6.45) is 5.26.